The standard InChI is InChI=1S/C27H39N3O4S/c1-9-30(22(32)20(15-31)29-24(33)34-25(2,3)4)23-28-21(16-35-23)17-10-11-18-19(14-17)27(7,8)13-12-26(18,5)6/h10-11,14,16,20,31H,9,12-13,15H2,1-8H3,(H,29,33). The molecule has 0 bridgehead atoms. The van der Waals surface area contributed by atoms with E-state index in [9.17, 15) is 14.7 Å². The maximum atomic E-state index is 13.2. The average molecular weight is 502 g/mol. The van der Waals surface area contributed by atoms with E-state index < -0.39 is 30.3 Å². The van der Waals surface area contributed by atoms with Gasteiger partial charge in [-0.15, -0.1) is 11.3 Å². The number of nitrogens with zero attached hydrogens (tertiary/aromatic N) is 2. The molecule has 0 fully saturated rings. The number of hydrogen-bond acceptors (Lipinski definition) is 6. The van der Waals surface area contributed by atoms with Crippen LogP contribution in [0.3, 0.4) is 0 Å². The fourth-order valence-corrected chi connectivity index (χ4v) is 5.38. The number of thiazole rings is 1. The number of nitrogens with one attached hydrogen (secondary N) is 1. The lowest BCUT2D eigenvalue weighted by atomic mass is 9.63. The Hall–Kier alpha value is -2.45. The van der Waals surface area contributed by atoms with Crippen LogP contribution in [-0.2, 0) is 20.4 Å². The van der Waals surface area contributed by atoms with Crippen LogP contribution < -0.4 is 10.2 Å². The van der Waals surface area contributed by atoms with Crippen molar-refractivity contribution < 1.29 is 19.4 Å². The molecule has 8 heteroatoms. The van der Waals surface area contributed by atoms with Gasteiger partial charge in [-0.2, -0.15) is 0 Å². The first-order valence-electron chi connectivity index (χ1n) is 12.2. The first-order valence-corrected chi connectivity index (χ1v) is 13.1. The summed E-state index contributed by atoms with van der Waals surface area (Å²) in [7, 11) is 0. The molecule has 0 aliphatic heterocycles. The van der Waals surface area contributed by atoms with E-state index in [1.165, 1.54) is 27.4 Å². The number of hydrogen-bond donors (Lipinski definition) is 2. The largest absolute Gasteiger partial charge is 0.444 e. The van der Waals surface area contributed by atoms with Crippen molar-refractivity contribution in [3.05, 3.63) is 34.7 Å². The zero-order chi connectivity index (χ0) is 26.2. The predicted molar refractivity (Wildman–Crippen MR) is 141 cm³/mol. The minimum absolute atomic E-state index is 0.0901. The molecule has 1 aliphatic carbocycles. The molecule has 2 N–H and O–H groups in total. The van der Waals surface area contributed by atoms with Crippen LogP contribution in [-0.4, -0.2) is 46.9 Å². The number of aliphatic hydroxyl groups excluding tert-OH is 1. The summed E-state index contributed by atoms with van der Waals surface area (Å²) in [5.41, 5.74) is 4.09. The molecule has 35 heavy (non-hydrogen) atoms. The van der Waals surface area contributed by atoms with E-state index in [-0.39, 0.29) is 10.8 Å². The van der Waals surface area contributed by atoms with Crippen LogP contribution in [0.2, 0.25) is 0 Å². The van der Waals surface area contributed by atoms with Gasteiger partial charge in [0, 0.05) is 17.5 Å². The van der Waals surface area contributed by atoms with Crippen LogP contribution in [0, 0.1) is 0 Å². The molecular weight excluding hydrogens is 462 g/mol. The maximum absolute atomic E-state index is 13.2. The van der Waals surface area contributed by atoms with Crippen molar-refractivity contribution in [2.75, 3.05) is 18.1 Å². The Morgan fingerprint density at radius 3 is 2.37 bits per heavy atom. The number of aliphatic hydroxyl groups is 1. The van der Waals surface area contributed by atoms with Crippen molar-refractivity contribution in [3.63, 3.8) is 0 Å². The van der Waals surface area contributed by atoms with Gasteiger partial charge in [0.15, 0.2) is 5.13 Å². The molecule has 1 aliphatic rings. The fraction of sp³-hybridized carbons (Fsp3) is 0.593. The zero-order valence-corrected chi connectivity index (χ0v) is 23.0. The summed E-state index contributed by atoms with van der Waals surface area (Å²) in [6.07, 6.45) is 1.54. The van der Waals surface area contributed by atoms with Crippen molar-refractivity contribution in [2.24, 2.45) is 0 Å². The molecule has 1 heterocycles. The topological polar surface area (TPSA) is 91.8 Å². The third kappa shape index (κ3) is 6.04. The van der Waals surface area contributed by atoms with Crippen LogP contribution in [0.25, 0.3) is 11.3 Å². The number of ether oxygens (including phenoxy) is 1. The second-order valence-corrected chi connectivity index (χ2v) is 12.3. The van der Waals surface area contributed by atoms with Crippen LogP contribution in [0.1, 0.15) is 79.4 Å². The molecule has 2 aromatic rings. The van der Waals surface area contributed by atoms with Gasteiger partial charge in [-0.25, -0.2) is 9.78 Å². The first kappa shape index (κ1) is 27.1. The second-order valence-electron chi connectivity index (χ2n) is 11.5. The molecular formula is C27H39N3O4S. The molecule has 7 nitrogen and oxygen atoms in total. The number of anilines is 1. The number of benzene rings is 1. The molecule has 2 amide bonds. The monoisotopic (exact) mass is 501 g/mol. The van der Waals surface area contributed by atoms with Crippen LogP contribution in [0.4, 0.5) is 9.93 Å². The smallest absolute Gasteiger partial charge is 0.408 e. The molecule has 1 atom stereocenters. The first-order chi connectivity index (χ1) is 16.2. The Labute approximate surface area is 212 Å². The number of aromatic nitrogens is 1. The van der Waals surface area contributed by atoms with Gasteiger partial charge in [0.05, 0.1) is 12.3 Å². The lowest BCUT2D eigenvalue weighted by Crippen LogP contribution is -2.51. The van der Waals surface area contributed by atoms with E-state index in [0.29, 0.717) is 11.7 Å². The highest BCUT2D eigenvalue weighted by Gasteiger charge is 2.37. The molecule has 0 spiro atoms. The minimum Gasteiger partial charge on any atom is -0.444 e. The Morgan fingerprint density at radius 2 is 1.80 bits per heavy atom. The number of rotatable bonds is 6. The van der Waals surface area contributed by atoms with Gasteiger partial charge < -0.3 is 15.2 Å². The summed E-state index contributed by atoms with van der Waals surface area (Å²) >= 11 is 1.37. The van der Waals surface area contributed by atoms with Crippen LogP contribution in [0.5, 0.6) is 0 Å². The highest BCUT2D eigenvalue weighted by Crippen LogP contribution is 2.46. The quantitative estimate of drug-likeness (QED) is 0.553. The minimum atomic E-state index is -1.12. The third-order valence-electron chi connectivity index (χ3n) is 6.63. The number of carbonyl (C=O) groups excluding carboxylic acids is 2. The van der Waals surface area contributed by atoms with Crippen molar-refractivity contribution >= 4 is 28.5 Å². The molecule has 192 valence electrons. The van der Waals surface area contributed by atoms with Gasteiger partial charge in [-0.05, 0) is 68.6 Å². The Balaban J connectivity index is 1.85. The molecule has 3 rings (SSSR count). The molecule has 0 saturated carbocycles. The molecule has 0 saturated heterocycles. The van der Waals surface area contributed by atoms with Crippen molar-refractivity contribution in [3.8, 4) is 11.3 Å². The number of carbonyl (C=O) groups is 2. The summed E-state index contributed by atoms with van der Waals surface area (Å²) in [6, 6.07) is 5.46. The number of alkyl carbamates (subject to hydrolysis) is 1. The Bertz CT molecular complexity index is 1080. The van der Waals surface area contributed by atoms with Crippen molar-refractivity contribution in [1.29, 1.82) is 0 Å². The second kappa shape index (κ2) is 9.90. The summed E-state index contributed by atoms with van der Waals surface area (Å²) in [6.45, 7) is 16.0. The van der Waals surface area contributed by atoms with Gasteiger partial charge >= 0.3 is 6.09 Å². The van der Waals surface area contributed by atoms with E-state index in [1.54, 1.807) is 20.8 Å². The maximum Gasteiger partial charge on any atom is 0.408 e. The Morgan fingerprint density at radius 1 is 1.17 bits per heavy atom. The third-order valence-corrected chi connectivity index (χ3v) is 7.49. The highest BCUT2D eigenvalue weighted by atomic mass is 32.1. The van der Waals surface area contributed by atoms with Crippen molar-refractivity contribution in [2.45, 2.75) is 90.7 Å². The van der Waals surface area contributed by atoms with Crippen molar-refractivity contribution in [1.82, 2.24) is 10.3 Å². The van der Waals surface area contributed by atoms with Gasteiger partial charge in [-0.3, -0.25) is 9.69 Å². The molecule has 0 radical (unpaired) electrons. The summed E-state index contributed by atoms with van der Waals surface area (Å²) in [4.78, 5) is 31.6. The van der Waals surface area contributed by atoms with E-state index in [1.807, 2.05) is 12.3 Å². The van der Waals surface area contributed by atoms with Gasteiger partial charge in [0.2, 0.25) is 0 Å². The summed E-state index contributed by atoms with van der Waals surface area (Å²) < 4.78 is 5.23. The molecule has 1 aromatic carbocycles. The van der Waals surface area contributed by atoms with Gasteiger partial charge in [0.1, 0.15) is 11.6 Å². The van der Waals surface area contributed by atoms with Crippen LogP contribution >= 0.6 is 11.3 Å². The number of likely N-dealkylation sites (N-methyl/N-ethyl adjacent to an activating group) is 1. The SMILES string of the molecule is CCN(C(=O)C(CO)NC(=O)OC(C)(C)C)c1nc(-c2ccc3c(c2)C(C)(C)CCC3(C)C)cs1. The van der Waals surface area contributed by atoms with Gasteiger partial charge in [-0.1, -0.05) is 39.8 Å². The number of amides is 2. The van der Waals surface area contributed by atoms with Gasteiger partial charge in [0.25, 0.3) is 5.91 Å². The lowest BCUT2D eigenvalue weighted by molar-refractivity contribution is -0.121. The Kier molecular flexibility index (Phi) is 7.67. The van der Waals surface area contributed by atoms with E-state index in [0.717, 1.165) is 24.1 Å². The van der Waals surface area contributed by atoms with E-state index in [2.05, 4.69) is 51.2 Å². The lowest BCUT2D eigenvalue weighted by Gasteiger charge is -2.42. The number of fused-ring (bicyclic) bond motifs is 1. The summed E-state index contributed by atoms with van der Waals surface area (Å²) in [5.74, 6) is -0.435. The normalized spacial score (nSPS) is 17.3. The average Bonchev–Trinajstić information content (AvgIpc) is 3.24. The van der Waals surface area contributed by atoms with E-state index >= 15 is 0 Å². The van der Waals surface area contributed by atoms with E-state index in [4.69, 9.17) is 9.72 Å². The highest BCUT2D eigenvalue weighted by molar-refractivity contribution is 7.14. The predicted octanol–water partition coefficient (Wildman–Crippen LogP) is 5.40. The molecule has 1 unspecified atom stereocenters. The zero-order valence-electron chi connectivity index (χ0n) is 22.2. The van der Waals surface area contributed by atoms with Crippen LogP contribution in [0.15, 0.2) is 23.6 Å². The molecule has 1 aromatic heterocycles. The summed E-state index contributed by atoms with van der Waals surface area (Å²) in [5, 5.41) is 14.7. The fourth-order valence-electron chi connectivity index (χ4n) is 4.48.